The molecule has 0 fully saturated rings. The Kier molecular flexibility index (Phi) is 4.36. The molecule has 108 valence electrons. The quantitative estimate of drug-likeness (QED) is 0.848. The second-order valence-electron chi connectivity index (χ2n) is 6.59. The predicted molar refractivity (Wildman–Crippen MR) is 87.6 cm³/mol. The van der Waals surface area contributed by atoms with Crippen LogP contribution in [-0.4, -0.2) is 5.11 Å². The lowest BCUT2D eigenvalue weighted by Gasteiger charge is -2.16. The summed E-state index contributed by atoms with van der Waals surface area (Å²) in [6.45, 7) is 10.9. The molecule has 1 aromatic heterocycles. The molecule has 0 aliphatic heterocycles. The predicted octanol–water partition coefficient (Wildman–Crippen LogP) is 4.94. The van der Waals surface area contributed by atoms with Gasteiger partial charge in [0.25, 0.3) is 0 Å². The van der Waals surface area contributed by atoms with E-state index in [1.54, 1.807) is 11.3 Å². The van der Waals surface area contributed by atoms with Crippen LogP contribution in [0.5, 0.6) is 0 Å². The maximum absolute atomic E-state index is 10.4. The first kappa shape index (κ1) is 15.3. The third kappa shape index (κ3) is 3.50. The molecule has 0 saturated carbocycles. The highest BCUT2D eigenvalue weighted by Crippen LogP contribution is 2.33. The van der Waals surface area contributed by atoms with Gasteiger partial charge in [0.05, 0.1) is 6.10 Å². The first-order valence-corrected chi connectivity index (χ1v) is 7.93. The molecule has 0 aliphatic carbocycles. The monoisotopic (exact) mass is 288 g/mol. The van der Waals surface area contributed by atoms with Crippen molar-refractivity contribution in [2.75, 3.05) is 0 Å². The lowest BCUT2D eigenvalue weighted by Crippen LogP contribution is -2.07. The van der Waals surface area contributed by atoms with Crippen molar-refractivity contribution in [1.29, 1.82) is 0 Å². The molecule has 1 heterocycles. The van der Waals surface area contributed by atoms with E-state index in [1.807, 2.05) is 0 Å². The molecule has 1 aromatic carbocycles. The maximum atomic E-state index is 10.4. The van der Waals surface area contributed by atoms with Crippen molar-refractivity contribution >= 4 is 11.3 Å². The summed E-state index contributed by atoms with van der Waals surface area (Å²) in [4.78, 5) is 2.39. The Morgan fingerprint density at radius 3 is 2.30 bits per heavy atom. The second-order valence-corrected chi connectivity index (χ2v) is 7.71. The van der Waals surface area contributed by atoms with Gasteiger partial charge in [-0.3, -0.25) is 0 Å². The third-order valence-electron chi connectivity index (χ3n) is 3.69. The Morgan fingerprint density at radius 1 is 1.05 bits per heavy atom. The molecule has 2 heteroatoms. The Bertz CT molecular complexity index is 590. The number of thiophene rings is 1. The van der Waals surface area contributed by atoms with E-state index < -0.39 is 6.10 Å². The Hall–Kier alpha value is -1.12. The summed E-state index contributed by atoms with van der Waals surface area (Å²) >= 11 is 1.72. The van der Waals surface area contributed by atoms with Gasteiger partial charge in [0.2, 0.25) is 0 Å². The number of hydrogen-bond acceptors (Lipinski definition) is 2. The van der Waals surface area contributed by atoms with Gasteiger partial charge in [-0.25, -0.2) is 0 Å². The summed E-state index contributed by atoms with van der Waals surface area (Å²) in [6, 6.07) is 10.6. The number of aryl methyl sites for hydroxylation is 2. The van der Waals surface area contributed by atoms with Crippen LogP contribution in [-0.2, 0) is 11.8 Å². The van der Waals surface area contributed by atoms with Crippen LogP contribution in [0.1, 0.15) is 53.3 Å². The molecule has 0 bridgehead atoms. The summed E-state index contributed by atoms with van der Waals surface area (Å²) in [6.07, 6.45) is 0.281. The Balaban J connectivity index is 2.13. The van der Waals surface area contributed by atoms with Crippen molar-refractivity contribution in [1.82, 2.24) is 0 Å². The molecule has 1 atom stereocenters. The summed E-state index contributed by atoms with van der Waals surface area (Å²) in [7, 11) is 0. The maximum Gasteiger partial charge on any atom is 0.0922 e. The number of aliphatic hydroxyl groups is 1. The molecule has 1 nitrogen and oxygen atoms in total. The lowest BCUT2D eigenvalue weighted by atomic mass is 9.95. The summed E-state index contributed by atoms with van der Waals surface area (Å²) < 4.78 is 0. The third-order valence-corrected chi connectivity index (χ3v) is 5.31. The van der Waals surface area contributed by atoms with Gasteiger partial charge >= 0.3 is 0 Å². The van der Waals surface area contributed by atoms with Gasteiger partial charge in [-0.1, -0.05) is 39.0 Å². The average Bonchev–Trinajstić information content (AvgIpc) is 2.83. The van der Waals surface area contributed by atoms with Gasteiger partial charge in [-0.15, -0.1) is 11.3 Å². The molecular weight excluding hydrogens is 264 g/mol. The minimum Gasteiger partial charge on any atom is -0.387 e. The van der Waals surface area contributed by atoms with E-state index >= 15 is 0 Å². The zero-order valence-electron chi connectivity index (χ0n) is 13.0. The Labute approximate surface area is 126 Å². The van der Waals surface area contributed by atoms with E-state index in [-0.39, 0.29) is 5.41 Å². The molecule has 0 radical (unpaired) electrons. The number of aliphatic hydroxyl groups excluding tert-OH is 1. The molecule has 20 heavy (non-hydrogen) atoms. The Morgan fingerprint density at radius 2 is 1.75 bits per heavy atom. The zero-order chi connectivity index (χ0) is 14.9. The van der Waals surface area contributed by atoms with Crippen LogP contribution in [0.3, 0.4) is 0 Å². The molecule has 1 N–H and O–H groups in total. The second kappa shape index (κ2) is 5.71. The standard InChI is InChI=1S/C18H24OS/c1-12-6-7-14(10-13(12)2)11-15(19)16-8-9-17(20-16)18(3,4)5/h6-10,15,19H,11H2,1-5H3. The fourth-order valence-corrected chi connectivity index (χ4v) is 3.24. The molecule has 0 aliphatic rings. The molecule has 0 amide bonds. The fourth-order valence-electron chi connectivity index (χ4n) is 2.19. The van der Waals surface area contributed by atoms with Crippen LogP contribution in [0.15, 0.2) is 30.3 Å². The molecular formula is C18H24OS. The van der Waals surface area contributed by atoms with E-state index in [9.17, 15) is 5.11 Å². The van der Waals surface area contributed by atoms with E-state index in [0.717, 1.165) is 4.88 Å². The van der Waals surface area contributed by atoms with Gasteiger partial charge in [0.1, 0.15) is 0 Å². The van der Waals surface area contributed by atoms with E-state index in [0.29, 0.717) is 6.42 Å². The SMILES string of the molecule is Cc1ccc(CC(O)c2ccc(C(C)(C)C)s2)cc1C. The van der Waals surface area contributed by atoms with Gasteiger partial charge in [0, 0.05) is 16.2 Å². The number of rotatable bonds is 3. The average molecular weight is 288 g/mol. The van der Waals surface area contributed by atoms with E-state index in [2.05, 4.69) is 65.0 Å². The van der Waals surface area contributed by atoms with Crippen molar-refractivity contribution in [2.45, 2.75) is 52.6 Å². The molecule has 0 spiro atoms. The topological polar surface area (TPSA) is 20.2 Å². The summed E-state index contributed by atoms with van der Waals surface area (Å²) in [5.41, 5.74) is 3.94. The zero-order valence-corrected chi connectivity index (χ0v) is 13.8. The van der Waals surface area contributed by atoms with Gasteiger partial charge in [-0.05, 0) is 48.1 Å². The van der Waals surface area contributed by atoms with Crippen molar-refractivity contribution in [3.8, 4) is 0 Å². The highest BCUT2D eigenvalue weighted by molar-refractivity contribution is 7.12. The molecule has 2 aromatic rings. The van der Waals surface area contributed by atoms with E-state index in [4.69, 9.17) is 0 Å². The van der Waals surface area contributed by atoms with Crippen molar-refractivity contribution < 1.29 is 5.11 Å². The molecule has 1 unspecified atom stereocenters. The normalized spacial score (nSPS) is 13.5. The summed E-state index contributed by atoms with van der Waals surface area (Å²) in [5.74, 6) is 0. The van der Waals surface area contributed by atoms with Crippen LogP contribution in [0.2, 0.25) is 0 Å². The minimum absolute atomic E-state index is 0.156. The highest BCUT2D eigenvalue weighted by Gasteiger charge is 2.19. The van der Waals surface area contributed by atoms with E-state index in [1.165, 1.54) is 21.6 Å². The summed E-state index contributed by atoms with van der Waals surface area (Å²) in [5, 5.41) is 10.4. The first-order valence-electron chi connectivity index (χ1n) is 7.12. The number of hydrogen-bond donors (Lipinski definition) is 1. The highest BCUT2D eigenvalue weighted by atomic mass is 32.1. The van der Waals surface area contributed by atoms with Crippen molar-refractivity contribution in [2.24, 2.45) is 0 Å². The number of benzene rings is 1. The smallest absolute Gasteiger partial charge is 0.0922 e. The molecule has 2 rings (SSSR count). The van der Waals surface area contributed by atoms with Crippen LogP contribution < -0.4 is 0 Å². The fraction of sp³-hybridized carbons (Fsp3) is 0.444. The van der Waals surface area contributed by atoms with Crippen molar-refractivity contribution in [3.05, 3.63) is 56.8 Å². The largest absolute Gasteiger partial charge is 0.387 e. The van der Waals surface area contributed by atoms with Gasteiger partial charge in [0.15, 0.2) is 0 Å². The van der Waals surface area contributed by atoms with Crippen LogP contribution in [0, 0.1) is 13.8 Å². The molecule has 0 saturated heterocycles. The first-order chi connectivity index (χ1) is 9.27. The van der Waals surface area contributed by atoms with Crippen LogP contribution >= 0.6 is 11.3 Å². The van der Waals surface area contributed by atoms with Crippen LogP contribution in [0.25, 0.3) is 0 Å². The van der Waals surface area contributed by atoms with Crippen molar-refractivity contribution in [3.63, 3.8) is 0 Å². The minimum atomic E-state index is -0.404. The van der Waals surface area contributed by atoms with Crippen LogP contribution in [0.4, 0.5) is 0 Å². The van der Waals surface area contributed by atoms with Gasteiger partial charge < -0.3 is 5.11 Å². The van der Waals surface area contributed by atoms with Gasteiger partial charge in [-0.2, -0.15) is 0 Å². The lowest BCUT2D eigenvalue weighted by molar-refractivity contribution is 0.182.